The summed E-state index contributed by atoms with van der Waals surface area (Å²) in [7, 11) is -3.50. The Balaban J connectivity index is 2.30. The van der Waals surface area contributed by atoms with Crippen molar-refractivity contribution in [3.05, 3.63) is 27.1 Å². The number of hydrogen-bond acceptors (Lipinski definition) is 2. The second-order valence-electron chi connectivity index (χ2n) is 6.07. The van der Waals surface area contributed by atoms with E-state index in [1.165, 1.54) is 0 Å². The van der Waals surface area contributed by atoms with Gasteiger partial charge in [0.25, 0.3) is 0 Å². The van der Waals surface area contributed by atoms with Crippen LogP contribution in [0.4, 0.5) is 0 Å². The summed E-state index contributed by atoms with van der Waals surface area (Å²) in [5.74, 6) is 0. The molecule has 0 heterocycles. The third-order valence-corrected chi connectivity index (χ3v) is 7.37. The molecule has 1 saturated carbocycles. The first-order valence-electron chi connectivity index (χ1n) is 5.97. The summed E-state index contributed by atoms with van der Waals surface area (Å²) < 4.78 is 29.1. The van der Waals surface area contributed by atoms with Crippen LogP contribution in [-0.4, -0.2) is 14.5 Å². The van der Waals surface area contributed by atoms with Gasteiger partial charge in [0.1, 0.15) is 0 Å². The van der Waals surface area contributed by atoms with Gasteiger partial charge in [-0.3, -0.25) is 0 Å². The van der Waals surface area contributed by atoms with E-state index in [0.29, 0.717) is 4.47 Å². The predicted octanol–water partition coefficient (Wildman–Crippen LogP) is 3.92. The minimum atomic E-state index is -3.50. The molecule has 0 amide bonds. The highest BCUT2D eigenvalue weighted by Gasteiger charge is 2.66. The SMILES string of the molecule is CC1(C)C(NS(=O)(=O)c2ccc(Br)cc2Br)C1(C)C. The zero-order valence-corrected chi connectivity index (χ0v) is 15.3. The van der Waals surface area contributed by atoms with Gasteiger partial charge in [-0.15, -0.1) is 0 Å². The lowest BCUT2D eigenvalue weighted by Gasteiger charge is -2.10. The zero-order chi connectivity index (χ0) is 14.6. The van der Waals surface area contributed by atoms with Crippen LogP contribution in [0.15, 0.2) is 32.0 Å². The topological polar surface area (TPSA) is 46.2 Å². The Morgan fingerprint density at radius 2 is 1.63 bits per heavy atom. The van der Waals surface area contributed by atoms with Crippen molar-refractivity contribution in [3.8, 4) is 0 Å². The highest BCUT2D eigenvalue weighted by atomic mass is 79.9. The van der Waals surface area contributed by atoms with Crippen LogP contribution < -0.4 is 4.72 Å². The average molecular weight is 411 g/mol. The Morgan fingerprint density at radius 1 is 1.11 bits per heavy atom. The lowest BCUT2D eigenvalue weighted by atomic mass is 10.0. The summed E-state index contributed by atoms with van der Waals surface area (Å²) in [5.41, 5.74) is -0.0518. The van der Waals surface area contributed by atoms with Crippen LogP contribution in [0.3, 0.4) is 0 Å². The summed E-state index contributed by atoms with van der Waals surface area (Å²) in [6.07, 6.45) is 0. The second kappa shape index (κ2) is 4.55. The third kappa shape index (κ3) is 2.52. The number of halogens is 2. The van der Waals surface area contributed by atoms with Gasteiger partial charge in [0.15, 0.2) is 0 Å². The van der Waals surface area contributed by atoms with Crippen molar-refractivity contribution >= 4 is 41.9 Å². The molecule has 6 heteroatoms. The molecule has 1 aliphatic carbocycles. The monoisotopic (exact) mass is 409 g/mol. The number of nitrogens with one attached hydrogen (secondary N) is 1. The molecule has 0 radical (unpaired) electrons. The fourth-order valence-electron chi connectivity index (χ4n) is 2.40. The molecule has 19 heavy (non-hydrogen) atoms. The Kier molecular flexibility index (Phi) is 3.70. The number of benzene rings is 1. The molecule has 1 aliphatic rings. The Morgan fingerprint density at radius 3 is 2.05 bits per heavy atom. The van der Waals surface area contributed by atoms with E-state index in [0.717, 1.165) is 4.47 Å². The quantitative estimate of drug-likeness (QED) is 0.820. The van der Waals surface area contributed by atoms with Crippen LogP contribution in [0.2, 0.25) is 0 Å². The second-order valence-corrected chi connectivity index (χ2v) is 9.52. The van der Waals surface area contributed by atoms with E-state index >= 15 is 0 Å². The van der Waals surface area contributed by atoms with E-state index in [4.69, 9.17) is 0 Å². The fourth-order valence-corrected chi connectivity index (χ4v) is 5.68. The standard InChI is InChI=1S/C13H17Br2NO2S/c1-12(2)11(13(12,3)4)16-19(17,18)10-6-5-8(14)7-9(10)15/h5-7,11,16H,1-4H3. The lowest BCUT2D eigenvalue weighted by molar-refractivity contribution is 0.457. The number of rotatable bonds is 3. The van der Waals surface area contributed by atoms with Crippen LogP contribution in [0.25, 0.3) is 0 Å². The van der Waals surface area contributed by atoms with Gasteiger partial charge in [-0.2, -0.15) is 0 Å². The van der Waals surface area contributed by atoms with E-state index in [9.17, 15) is 8.42 Å². The van der Waals surface area contributed by atoms with Crippen molar-refractivity contribution in [2.24, 2.45) is 10.8 Å². The fraction of sp³-hybridized carbons (Fsp3) is 0.538. The van der Waals surface area contributed by atoms with Gasteiger partial charge in [-0.25, -0.2) is 13.1 Å². The molecule has 0 unspecified atom stereocenters. The minimum Gasteiger partial charge on any atom is -0.207 e. The first-order chi connectivity index (χ1) is 8.50. The largest absolute Gasteiger partial charge is 0.241 e. The van der Waals surface area contributed by atoms with Crippen molar-refractivity contribution in [3.63, 3.8) is 0 Å². The molecule has 0 spiro atoms. The molecule has 2 rings (SSSR count). The number of hydrogen-bond donors (Lipinski definition) is 1. The summed E-state index contributed by atoms with van der Waals surface area (Å²) >= 11 is 6.62. The average Bonchev–Trinajstić information content (AvgIpc) is 2.59. The smallest absolute Gasteiger partial charge is 0.207 e. The summed E-state index contributed by atoms with van der Waals surface area (Å²) in [4.78, 5) is 0.272. The van der Waals surface area contributed by atoms with Gasteiger partial charge in [0, 0.05) is 15.0 Å². The molecule has 1 aromatic carbocycles. The molecule has 0 saturated heterocycles. The van der Waals surface area contributed by atoms with Crippen LogP contribution >= 0.6 is 31.9 Å². The molecule has 0 aliphatic heterocycles. The van der Waals surface area contributed by atoms with Crippen molar-refractivity contribution in [1.82, 2.24) is 4.72 Å². The Labute approximate surface area is 131 Å². The van der Waals surface area contributed by atoms with Gasteiger partial charge < -0.3 is 0 Å². The van der Waals surface area contributed by atoms with E-state index in [2.05, 4.69) is 64.3 Å². The maximum absolute atomic E-state index is 12.4. The van der Waals surface area contributed by atoms with Crippen LogP contribution in [0.5, 0.6) is 0 Å². The third-order valence-electron chi connectivity index (χ3n) is 4.48. The lowest BCUT2D eigenvalue weighted by Crippen LogP contribution is -2.30. The predicted molar refractivity (Wildman–Crippen MR) is 83.5 cm³/mol. The summed E-state index contributed by atoms with van der Waals surface area (Å²) in [5, 5.41) is 0. The Hall–Kier alpha value is 0.0900. The van der Waals surface area contributed by atoms with Crippen molar-refractivity contribution in [2.45, 2.75) is 38.6 Å². The molecule has 0 aromatic heterocycles. The van der Waals surface area contributed by atoms with Gasteiger partial charge >= 0.3 is 0 Å². The molecule has 1 N–H and O–H groups in total. The normalized spacial score (nSPS) is 21.4. The zero-order valence-electron chi connectivity index (χ0n) is 11.3. The molecule has 3 nitrogen and oxygen atoms in total. The highest BCUT2D eigenvalue weighted by Crippen LogP contribution is 2.63. The van der Waals surface area contributed by atoms with Crippen molar-refractivity contribution in [1.29, 1.82) is 0 Å². The molecule has 1 aromatic rings. The Bertz CT molecular complexity index is 610. The maximum atomic E-state index is 12.4. The molecule has 1 fully saturated rings. The molecular formula is C13H17Br2NO2S. The molecule has 0 atom stereocenters. The van der Waals surface area contributed by atoms with Gasteiger partial charge in [-0.05, 0) is 45.0 Å². The molecule has 106 valence electrons. The molecule has 0 bridgehead atoms. The van der Waals surface area contributed by atoms with Crippen LogP contribution in [0, 0.1) is 10.8 Å². The van der Waals surface area contributed by atoms with Gasteiger partial charge in [0.2, 0.25) is 10.0 Å². The minimum absolute atomic E-state index is 0.0259. The summed E-state index contributed by atoms with van der Waals surface area (Å²) in [6, 6.07) is 5.01. The first-order valence-corrected chi connectivity index (χ1v) is 9.04. The van der Waals surface area contributed by atoms with E-state index < -0.39 is 10.0 Å². The summed E-state index contributed by atoms with van der Waals surface area (Å²) in [6.45, 7) is 8.32. The molecular weight excluding hydrogens is 394 g/mol. The van der Waals surface area contributed by atoms with E-state index in [1.807, 2.05) is 0 Å². The van der Waals surface area contributed by atoms with Crippen molar-refractivity contribution in [2.75, 3.05) is 0 Å². The van der Waals surface area contributed by atoms with Crippen LogP contribution in [-0.2, 0) is 10.0 Å². The van der Waals surface area contributed by atoms with E-state index in [1.54, 1.807) is 18.2 Å². The van der Waals surface area contributed by atoms with Crippen molar-refractivity contribution < 1.29 is 8.42 Å². The first kappa shape index (κ1) is 15.5. The maximum Gasteiger partial charge on any atom is 0.241 e. The van der Waals surface area contributed by atoms with Gasteiger partial charge in [0.05, 0.1) is 4.90 Å². The highest BCUT2D eigenvalue weighted by molar-refractivity contribution is 9.11. The van der Waals surface area contributed by atoms with E-state index in [-0.39, 0.29) is 21.8 Å². The van der Waals surface area contributed by atoms with Gasteiger partial charge in [-0.1, -0.05) is 43.6 Å². The van der Waals surface area contributed by atoms with Crippen LogP contribution in [0.1, 0.15) is 27.7 Å². The number of sulfonamides is 1.